The van der Waals surface area contributed by atoms with Gasteiger partial charge in [0.15, 0.2) is 0 Å². The molecule has 0 spiro atoms. The first-order valence-electron chi connectivity index (χ1n) is 9.62. The van der Waals surface area contributed by atoms with Gasteiger partial charge in [-0.1, -0.05) is 0 Å². The highest BCUT2D eigenvalue weighted by Crippen LogP contribution is 2.56. The van der Waals surface area contributed by atoms with Gasteiger partial charge in [-0.25, -0.2) is 4.39 Å². The zero-order chi connectivity index (χ0) is 18.8. The van der Waals surface area contributed by atoms with E-state index in [2.05, 4.69) is 0 Å². The lowest BCUT2D eigenvalue weighted by atomic mass is 9.57. The Labute approximate surface area is 154 Å². The van der Waals surface area contributed by atoms with Crippen LogP contribution in [0.15, 0.2) is 18.2 Å². The Balaban J connectivity index is 1.58. The van der Waals surface area contributed by atoms with Crippen LogP contribution < -0.4 is 4.74 Å². The molecule has 5 heteroatoms. The summed E-state index contributed by atoms with van der Waals surface area (Å²) < 4.78 is 25.7. The molecule has 0 amide bonds. The molecule has 0 atom stereocenters. The van der Waals surface area contributed by atoms with Crippen LogP contribution in [-0.2, 0) is 16.1 Å². The van der Waals surface area contributed by atoms with Crippen LogP contribution in [0.1, 0.15) is 70.8 Å². The van der Waals surface area contributed by atoms with Crippen LogP contribution in [0, 0.1) is 11.2 Å². The summed E-state index contributed by atoms with van der Waals surface area (Å²) in [6.07, 6.45) is 7.04. The van der Waals surface area contributed by atoms with E-state index in [1.54, 1.807) is 0 Å². The normalized spacial score (nSPS) is 27.7. The van der Waals surface area contributed by atoms with Gasteiger partial charge in [-0.3, -0.25) is 4.79 Å². The number of hydrogen-bond acceptors (Lipinski definition) is 3. The Morgan fingerprint density at radius 2 is 1.81 bits per heavy atom. The minimum atomic E-state index is -0.705. The van der Waals surface area contributed by atoms with Crippen molar-refractivity contribution in [3.63, 3.8) is 0 Å². The molecule has 3 saturated carbocycles. The van der Waals surface area contributed by atoms with E-state index in [9.17, 15) is 9.18 Å². The molecule has 0 heterocycles. The van der Waals surface area contributed by atoms with Crippen molar-refractivity contribution in [3.05, 3.63) is 29.6 Å². The highest BCUT2D eigenvalue weighted by Gasteiger charge is 2.49. The van der Waals surface area contributed by atoms with Crippen molar-refractivity contribution in [1.82, 2.24) is 0 Å². The van der Waals surface area contributed by atoms with Crippen molar-refractivity contribution in [3.8, 4) is 5.75 Å². The molecule has 26 heavy (non-hydrogen) atoms. The van der Waals surface area contributed by atoms with Crippen LogP contribution in [0.3, 0.4) is 0 Å². The highest BCUT2D eigenvalue weighted by atomic mass is 19.1. The van der Waals surface area contributed by atoms with Crippen LogP contribution in [0.5, 0.6) is 5.75 Å². The molecule has 1 N–H and O–H groups in total. The molecule has 3 aliphatic carbocycles. The van der Waals surface area contributed by atoms with Gasteiger partial charge in [0.1, 0.15) is 11.6 Å². The molecule has 3 fully saturated rings. The van der Waals surface area contributed by atoms with Gasteiger partial charge in [0.05, 0.1) is 18.3 Å². The van der Waals surface area contributed by atoms with E-state index in [1.807, 2.05) is 19.9 Å². The number of halogens is 1. The maximum absolute atomic E-state index is 13.8. The van der Waals surface area contributed by atoms with Gasteiger partial charge in [0.2, 0.25) is 0 Å². The number of aliphatic carboxylic acids is 1. The zero-order valence-electron chi connectivity index (χ0n) is 15.7. The Bertz CT molecular complexity index is 631. The van der Waals surface area contributed by atoms with Gasteiger partial charge >= 0.3 is 5.97 Å². The number of benzene rings is 1. The summed E-state index contributed by atoms with van der Waals surface area (Å²) in [6.45, 7) is 4.22. The quantitative estimate of drug-likeness (QED) is 0.698. The Morgan fingerprint density at radius 3 is 2.38 bits per heavy atom. The third-order valence-corrected chi connectivity index (χ3v) is 6.05. The summed E-state index contributed by atoms with van der Waals surface area (Å²) in [7, 11) is 0. The van der Waals surface area contributed by atoms with Gasteiger partial charge in [-0.2, -0.15) is 0 Å². The number of rotatable bonds is 8. The van der Waals surface area contributed by atoms with E-state index < -0.39 is 5.97 Å². The summed E-state index contributed by atoms with van der Waals surface area (Å²) >= 11 is 0. The molecule has 0 radical (unpaired) electrons. The second-order valence-electron chi connectivity index (χ2n) is 8.33. The fourth-order valence-electron chi connectivity index (χ4n) is 4.47. The zero-order valence-corrected chi connectivity index (χ0v) is 15.7. The van der Waals surface area contributed by atoms with Crippen LogP contribution in [0.4, 0.5) is 4.39 Å². The number of carboxylic acid groups (broad SMARTS) is 1. The first-order valence-corrected chi connectivity index (χ1v) is 9.62. The van der Waals surface area contributed by atoms with Crippen LogP contribution >= 0.6 is 0 Å². The Morgan fingerprint density at radius 1 is 1.15 bits per heavy atom. The molecule has 0 unspecified atom stereocenters. The Hall–Kier alpha value is -1.62. The van der Waals surface area contributed by atoms with E-state index in [-0.39, 0.29) is 29.4 Å². The van der Waals surface area contributed by atoms with Gasteiger partial charge < -0.3 is 14.6 Å². The van der Waals surface area contributed by atoms with Gasteiger partial charge in [0.25, 0.3) is 0 Å². The SMILES string of the molecule is CC(C)Oc1cc(F)cc(COC23CCC(CCC(=O)O)(CC2)CC3)c1. The molecule has 4 nitrogen and oxygen atoms in total. The summed E-state index contributed by atoms with van der Waals surface area (Å²) in [5.41, 5.74) is 0.861. The summed E-state index contributed by atoms with van der Waals surface area (Å²) in [5.74, 6) is -0.473. The third-order valence-electron chi connectivity index (χ3n) is 6.05. The molecule has 1 aromatic carbocycles. The van der Waals surface area contributed by atoms with Gasteiger partial charge in [-0.05, 0) is 81.9 Å². The van der Waals surface area contributed by atoms with Crippen molar-refractivity contribution in [2.75, 3.05) is 0 Å². The number of fused-ring (bicyclic) bond motifs is 3. The van der Waals surface area contributed by atoms with Crippen molar-refractivity contribution in [2.24, 2.45) is 5.41 Å². The van der Waals surface area contributed by atoms with E-state index in [4.69, 9.17) is 14.6 Å². The summed E-state index contributed by atoms with van der Waals surface area (Å²) in [6, 6.07) is 4.76. The third kappa shape index (κ3) is 4.56. The largest absolute Gasteiger partial charge is 0.491 e. The minimum Gasteiger partial charge on any atom is -0.491 e. The second-order valence-corrected chi connectivity index (χ2v) is 8.33. The van der Waals surface area contributed by atoms with Crippen molar-refractivity contribution in [2.45, 2.75) is 83.5 Å². The Kier molecular flexibility index (Phi) is 5.56. The monoisotopic (exact) mass is 364 g/mol. The minimum absolute atomic E-state index is 0.000207. The molecule has 1 aromatic rings. The fourth-order valence-corrected chi connectivity index (χ4v) is 4.47. The maximum Gasteiger partial charge on any atom is 0.303 e. The van der Waals surface area contributed by atoms with Crippen molar-refractivity contribution < 1.29 is 23.8 Å². The van der Waals surface area contributed by atoms with E-state index in [0.717, 1.165) is 50.5 Å². The lowest BCUT2D eigenvalue weighted by Crippen LogP contribution is -2.47. The first-order chi connectivity index (χ1) is 12.3. The van der Waals surface area contributed by atoms with Gasteiger partial charge in [0, 0.05) is 12.5 Å². The lowest BCUT2D eigenvalue weighted by molar-refractivity contribution is -0.150. The number of carbonyl (C=O) groups is 1. The number of carboxylic acids is 1. The molecule has 0 aliphatic heterocycles. The predicted octanol–water partition coefficient (Wildman–Crippen LogP) is 5.09. The first kappa shape index (κ1) is 19.2. The predicted molar refractivity (Wildman–Crippen MR) is 96.7 cm³/mol. The molecule has 4 rings (SSSR count). The van der Waals surface area contributed by atoms with Crippen molar-refractivity contribution >= 4 is 5.97 Å². The van der Waals surface area contributed by atoms with Gasteiger partial charge in [-0.15, -0.1) is 0 Å². The average molecular weight is 364 g/mol. The maximum atomic E-state index is 13.8. The molecule has 144 valence electrons. The second kappa shape index (κ2) is 7.55. The summed E-state index contributed by atoms with van der Waals surface area (Å²) in [4.78, 5) is 10.9. The molecular formula is C21H29FO4. The van der Waals surface area contributed by atoms with Crippen LogP contribution in [0.25, 0.3) is 0 Å². The molecule has 0 saturated heterocycles. The standard InChI is InChI=1S/C21H29FO4/c1-15(2)26-18-12-16(11-17(22)13-18)14-25-21-8-5-20(6-9-21,7-10-21)4-3-19(23)24/h11-13,15H,3-10,14H2,1-2H3,(H,23,24). The van der Waals surface area contributed by atoms with Crippen LogP contribution in [-0.4, -0.2) is 22.8 Å². The lowest BCUT2D eigenvalue weighted by Gasteiger charge is -2.53. The smallest absolute Gasteiger partial charge is 0.303 e. The van der Waals surface area contributed by atoms with E-state index in [0.29, 0.717) is 12.4 Å². The fraction of sp³-hybridized carbons (Fsp3) is 0.667. The summed E-state index contributed by atoms with van der Waals surface area (Å²) in [5, 5.41) is 8.96. The molecule has 0 aromatic heterocycles. The molecule has 2 bridgehead atoms. The topological polar surface area (TPSA) is 55.8 Å². The molecular weight excluding hydrogens is 335 g/mol. The number of ether oxygens (including phenoxy) is 2. The van der Waals surface area contributed by atoms with E-state index >= 15 is 0 Å². The average Bonchev–Trinajstić information content (AvgIpc) is 2.59. The number of hydrogen-bond donors (Lipinski definition) is 1. The molecule has 3 aliphatic rings. The van der Waals surface area contributed by atoms with Crippen LogP contribution in [0.2, 0.25) is 0 Å². The highest BCUT2D eigenvalue weighted by molar-refractivity contribution is 5.66. The van der Waals surface area contributed by atoms with E-state index in [1.165, 1.54) is 12.1 Å². The van der Waals surface area contributed by atoms with Crippen molar-refractivity contribution in [1.29, 1.82) is 0 Å².